The number of methoxy groups -OCH3 is 2. The lowest BCUT2D eigenvalue weighted by Gasteiger charge is -2.32. The summed E-state index contributed by atoms with van der Waals surface area (Å²) in [5.41, 5.74) is 0. The number of amides is 2. The second kappa shape index (κ2) is 4.92. The molecule has 0 spiro atoms. The summed E-state index contributed by atoms with van der Waals surface area (Å²) < 4.78 is 9.60. The van der Waals surface area contributed by atoms with Gasteiger partial charge in [-0.15, -0.1) is 0 Å². The van der Waals surface area contributed by atoms with Crippen LogP contribution in [0.4, 0.5) is 0 Å². The molecule has 6 nitrogen and oxygen atoms in total. The summed E-state index contributed by atoms with van der Waals surface area (Å²) in [5.74, 6) is -0.244. The van der Waals surface area contributed by atoms with Crippen LogP contribution < -0.4 is 0 Å². The molecule has 1 fully saturated rings. The summed E-state index contributed by atoms with van der Waals surface area (Å²) in [4.78, 5) is 25.6. The van der Waals surface area contributed by atoms with Crippen molar-refractivity contribution in [1.82, 2.24) is 9.80 Å². The third-order valence-electron chi connectivity index (χ3n) is 1.93. The third kappa shape index (κ3) is 2.43. The molecule has 0 unspecified atom stereocenters. The van der Waals surface area contributed by atoms with E-state index in [0.29, 0.717) is 0 Å². The van der Waals surface area contributed by atoms with Crippen molar-refractivity contribution in [2.75, 3.05) is 40.8 Å². The second-order valence-corrected chi connectivity index (χ2v) is 3.02. The summed E-state index contributed by atoms with van der Waals surface area (Å²) in [7, 11) is 2.97. The highest BCUT2D eigenvalue weighted by atomic mass is 16.5. The van der Waals surface area contributed by atoms with Crippen LogP contribution in [0.2, 0.25) is 0 Å². The van der Waals surface area contributed by atoms with E-state index in [-0.39, 0.29) is 38.4 Å². The molecule has 1 rings (SSSR count). The van der Waals surface area contributed by atoms with E-state index in [2.05, 4.69) is 0 Å². The predicted octanol–water partition coefficient (Wildman–Crippen LogP) is -1.13. The molecule has 80 valence electrons. The summed E-state index contributed by atoms with van der Waals surface area (Å²) in [5, 5.41) is 0. The Balaban J connectivity index is 2.53. The van der Waals surface area contributed by atoms with Crippen molar-refractivity contribution in [2.24, 2.45) is 0 Å². The molecule has 0 radical (unpaired) electrons. The molecule has 0 N–H and O–H groups in total. The van der Waals surface area contributed by atoms with Crippen molar-refractivity contribution in [3.8, 4) is 0 Å². The van der Waals surface area contributed by atoms with Crippen LogP contribution in [-0.2, 0) is 19.1 Å². The van der Waals surface area contributed by atoms with Crippen molar-refractivity contribution < 1.29 is 19.1 Å². The Labute approximate surface area is 82.4 Å². The van der Waals surface area contributed by atoms with Crippen molar-refractivity contribution in [1.29, 1.82) is 0 Å². The molecule has 0 aromatic carbocycles. The first-order valence-corrected chi connectivity index (χ1v) is 4.22. The van der Waals surface area contributed by atoms with Crippen LogP contribution in [0, 0.1) is 0 Å². The lowest BCUT2D eigenvalue weighted by molar-refractivity contribution is -0.158. The summed E-state index contributed by atoms with van der Waals surface area (Å²) in [6, 6.07) is 0. The maximum atomic E-state index is 11.4. The fourth-order valence-electron chi connectivity index (χ4n) is 1.25. The second-order valence-electron chi connectivity index (χ2n) is 3.02. The van der Waals surface area contributed by atoms with Crippen molar-refractivity contribution in [3.63, 3.8) is 0 Å². The Morgan fingerprint density at radius 2 is 1.36 bits per heavy atom. The highest BCUT2D eigenvalue weighted by molar-refractivity contribution is 5.92. The Hall–Kier alpha value is -1.14. The molecular weight excluding hydrogens is 188 g/mol. The Kier molecular flexibility index (Phi) is 3.84. The Bertz CT molecular complexity index is 207. The average molecular weight is 202 g/mol. The molecule has 6 heteroatoms. The molecule has 1 aliphatic heterocycles. The predicted molar refractivity (Wildman–Crippen MR) is 47.2 cm³/mol. The fraction of sp³-hybridized carbons (Fsp3) is 0.750. The van der Waals surface area contributed by atoms with E-state index in [1.165, 1.54) is 24.0 Å². The number of nitrogens with zero attached hydrogens (tertiary/aromatic N) is 2. The zero-order valence-corrected chi connectivity index (χ0v) is 8.36. The maximum Gasteiger partial charge on any atom is 0.244 e. The van der Waals surface area contributed by atoms with Gasteiger partial charge in [0, 0.05) is 14.2 Å². The smallest absolute Gasteiger partial charge is 0.244 e. The minimum Gasteiger partial charge on any atom is -0.364 e. The van der Waals surface area contributed by atoms with Gasteiger partial charge >= 0.3 is 0 Å². The van der Waals surface area contributed by atoms with Crippen LogP contribution in [-0.4, -0.2) is 62.4 Å². The van der Waals surface area contributed by atoms with E-state index in [1.807, 2.05) is 0 Å². The van der Waals surface area contributed by atoms with E-state index in [9.17, 15) is 9.59 Å². The van der Waals surface area contributed by atoms with Gasteiger partial charge < -0.3 is 19.3 Å². The highest BCUT2D eigenvalue weighted by Gasteiger charge is 2.29. The number of rotatable bonds is 4. The van der Waals surface area contributed by atoms with Crippen LogP contribution in [0.5, 0.6) is 0 Å². The van der Waals surface area contributed by atoms with Crippen LogP contribution in [0.1, 0.15) is 0 Å². The highest BCUT2D eigenvalue weighted by Crippen LogP contribution is 2.04. The monoisotopic (exact) mass is 202 g/mol. The van der Waals surface area contributed by atoms with E-state index in [1.54, 1.807) is 0 Å². The van der Waals surface area contributed by atoms with Gasteiger partial charge in [0.1, 0.15) is 26.6 Å². The van der Waals surface area contributed by atoms with Crippen LogP contribution >= 0.6 is 0 Å². The minimum absolute atomic E-state index is 0.0655. The average Bonchev–Trinajstić information content (AvgIpc) is 2.14. The lowest BCUT2D eigenvalue weighted by Crippen LogP contribution is -2.54. The number of ether oxygens (including phenoxy) is 2. The molecule has 0 aromatic rings. The third-order valence-corrected chi connectivity index (χ3v) is 1.93. The molecule has 14 heavy (non-hydrogen) atoms. The first-order chi connectivity index (χ1) is 6.69. The molecule has 0 bridgehead atoms. The van der Waals surface area contributed by atoms with Crippen LogP contribution in [0.3, 0.4) is 0 Å². The molecule has 0 atom stereocenters. The van der Waals surface area contributed by atoms with E-state index >= 15 is 0 Å². The van der Waals surface area contributed by atoms with Gasteiger partial charge in [-0.3, -0.25) is 9.59 Å². The molecule has 1 aliphatic rings. The molecular formula is C8H14N2O4. The largest absolute Gasteiger partial charge is 0.364 e. The first-order valence-electron chi connectivity index (χ1n) is 4.22. The number of hydrogen-bond acceptors (Lipinski definition) is 4. The maximum absolute atomic E-state index is 11.4. The molecule has 0 saturated carbocycles. The first kappa shape index (κ1) is 10.9. The van der Waals surface area contributed by atoms with Gasteiger partial charge in [-0.25, -0.2) is 0 Å². The molecule has 2 amide bonds. The van der Waals surface area contributed by atoms with Crippen molar-refractivity contribution in [2.45, 2.75) is 0 Å². The van der Waals surface area contributed by atoms with Crippen LogP contribution in [0.25, 0.3) is 0 Å². The van der Waals surface area contributed by atoms with Gasteiger partial charge in [-0.1, -0.05) is 0 Å². The van der Waals surface area contributed by atoms with Gasteiger partial charge in [-0.05, 0) is 0 Å². The van der Waals surface area contributed by atoms with Gasteiger partial charge in [0.05, 0.1) is 0 Å². The molecule has 1 saturated heterocycles. The SMILES string of the molecule is COCN1CC(=O)N(COC)CC1=O. The van der Waals surface area contributed by atoms with E-state index in [4.69, 9.17) is 9.47 Å². The van der Waals surface area contributed by atoms with Crippen LogP contribution in [0.15, 0.2) is 0 Å². The standard InChI is InChI=1S/C8H14N2O4/c1-13-5-9-3-8(12)10(6-14-2)4-7(9)11/h3-6H2,1-2H3. The number of piperazine rings is 1. The number of hydrogen-bond donors (Lipinski definition) is 0. The lowest BCUT2D eigenvalue weighted by atomic mass is 10.3. The van der Waals surface area contributed by atoms with Gasteiger partial charge in [0.2, 0.25) is 11.8 Å². The zero-order chi connectivity index (χ0) is 10.6. The topological polar surface area (TPSA) is 59.1 Å². The summed E-state index contributed by atoms with van der Waals surface area (Å²) in [6.07, 6.45) is 0. The molecule has 0 aromatic heterocycles. The normalized spacial score (nSPS) is 17.9. The Morgan fingerprint density at radius 3 is 1.64 bits per heavy atom. The van der Waals surface area contributed by atoms with E-state index < -0.39 is 0 Å². The fourth-order valence-corrected chi connectivity index (χ4v) is 1.25. The van der Waals surface area contributed by atoms with Crippen molar-refractivity contribution >= 4 is 11.8 Å². The molecule has 0 aliphatic carbocycles. The minimum atomic E-state index is -0.122. The quantitative estimate of drug-likeness (QED) is 0.578. The van der Waals surface area contributed by atoms with Gasteiger partial charge in [0.25, 0.3) is 0 Å². The van der Waals surface area contributed by atoms with E-state index in [0.717, 1.165) is 0 Å². The summed E-state index contributed by atoms with van der Waals surface area (Å²) >= 11 is 0. The number of carbonyl (C=O) groups excluding carboxylic acids is 2. The number of carbonyl (C=O) groups is 2. The zero-order valence-electron chi connectivity index (χ0n) is 8.36. The summed E-state index contributed by atoms with van der Waals surface area (Å²) in [6.45, 7) is 0.447. The van der Waals surface area contributed by atoms with Crippen molar-refractivity contribution in [3.05, 3.63) is 0 Å². The Morgan fingerprint density at radius 1 is 1.00 bits per heavy atom. The van der Waals surface area contributed by atoms with Gasteiger partial charge in [0.15, 0.2) is 0 Å². The van der Waals surface area contributed by atoms with Gasteiger partial charge in [-0.2, -0.15) is 0 Å². The molecule has 1 heterocycles.